The molecule has 0 aliphatic carbocycles. The molecular formula is C10H9BrS2. The number of rotatable bonds is 1. The Labute approximate surface area is 94.5 Å². The molecule has 68 valence electrons. The van der Waals surface area contributed by atoms with Crippen molar-refractivity contribution in [3.63, 3.8) is 0 Å². The molecule has 0 aliphatic rings. The lowest BCUT2D eigenvalue weighted by Gasteiger charge is -2.02. The molecule has 0 nitrogen and oxygen atoms in total. The van der Waals surface area contributed by atoms with Crippen LogP contribution in [0.3, 0.4) is 0 Å². The largest absolute Gasteiger partial charge is 0.129 e. The van der Waals surface area contributed by atoms with Crippen molar-refractivity contribution >= 4 is 49.1 Å². The van der Waals surface area contributed by atoms with Crippen molar-refractivity contribution in [3.05, 3.63) is 27.5 Å². The number of fused-ring (bicyclic) bond motifs is 1. The molecule has 3 heteroatoms. The van der Waals surface area contributed by atoms with Crippen LogP contribution in [0.15, 0.2) is 26.9 Å². The highest BCUT2D eigenvalue weighted by Crippen LogP contribution is 2.35. The zero-order valence-corrected chi connectivity index (χ0v) is 10.6. The van der Waals surface area contributed by atoms with Gasteiger partial charge in [-0.3, -0.25) is 0 Å². The number of aryl methyl sites for hydroxylation is 1. The Morgan fingerprint density at radius 2 is 2.15 bits per heavy atom. The van der Waals surface area contributed by atoms with Gasteiger partial charge in [-0.15, -0.1) is 23.1 Å². The molecule has 0 fully saturated rings. The quantitative estimate of drug-likeness (QED) is 0.679. The molecule has 1 heterocycles. The number of benzene rings is 1. The first-order chi connectivity index (χ1) is 6.22. The fraction of sp³-hybridized carbons (Fsp3) is 0.200. The van der Waals surface area contributed by atoms with Crippen LogP contribution >= 0.6 is 39.0 Å². The second-order valence-electron chi connectivity index (χ2n) is 2.86. The van der Waals surface area contributed by atoms with Gasteiger partial charge in [0.25, 0.3) is 0 Å². The van der Waals surface area contributed by atoms with E-state index >= 15 is 0 Å². The van der Waals surface area contributed by atoms with E-state index in [-0.39, 0.29) is 0 Å². The summed E-state index contributed by atoms with van der Waals surface area (Å²) in [7, 11) is 0. The van der Waals surface area contributed by atoms with Crippen molar-refractivity contribution in [1.29, 1.82) is 0 Å². The zero-order valence-electron chi connectivity index (χ0n) is 7.43. The van der Waals surface area contributed by atoms with E-state index in [9.17, 15) is 0 Å². The molecule has 0 atom stereocenters. The lowest BCUT2D eigenvalue weighted by atomic mass is 10.2. The van der Waals surface area contributed by atoms with E-state index in [0.717, 1.165) is 0 Å². The summed E-state index contributed by atoms with van der Waals surface area (Å²) in [6.07, 6.45) is 2.12. The van der Waals surface area contributed by atoms with E-state index in [0.29, 0.717) is 0 Å². The summed E-state index contributed by atoms with van der Waals surface area (Å²) in [5, 5.41) is 1.34. The third-order valence-corrected chi connectivity index (χ3v) is 4.73. The minimum Gasteiger partial charge on any atom is -0.129 e. The van der Waals surface area contributed by atoms with Crippen molar-refractivity contribution in [2.45, 2.75) is 11.8 Å². The predicted octanol–water partition coefficient (Wildman–Crippen LogP) is 4.69. The summed E-state index contributed by atoms with van der Waals surface area (Å²) in [5.41, 5.74) is 1.40. The van der Waals surface area contributed by atoms with Crippen LogP contribution in [0.4, 0.5) is 0 Å². The minimum absolute atomic E-state index is 1.21. The third kappa shape index (κ3) is 1.65. The van der Waals surface area contributed by atoms with E-state index in [1.54, 1.807) is 0 Å². The van der Waals surface area contributed by atoms with Gasteiger partial charge in [-0.1, -0.05) is 6.07 Å². The van der Waals surface area contributed by atoms with E-state index in [1.807, 2.05) is 23.1 Å². The van der Waals surface area contributed by atoms with Crippen LogP contribution in [0.1, 0.15) is 5.56 Å². The van der Waals surface area contributed by atoms with Gasteiger partial charge in [-0.2, -0.15) is 0 Å². The van der Waals surface area contributed by atoms with Crippen LogP contribution in [-0.2, 0) is 0 Å². The Morgan fingerprint density at radius 3 is 2.85 bits per heavy atom. The van der Waals surface area contributed by atoms with Crippen LogP contribution in [0.25, 0.3) is 10.1 Å². The van der Waals surface area contributed by atoms with Crippen LogP contribution in [-0.4, -0.2) is 6.26 Å². The molecule has 0 spiro atoms. The number of hydrogen-bond acceptors (Lipinski definition) is 2. The maximum Gasteiger partial charge on any atom is 0.0711 e. The van der Waals surface area contributed by atoms with Crippen LogP contribution in [0, 0.1) is 6.92 Å². The molecule has 1 aromatic heterocycles. The van der Waals surface area contributed by atoms with E-state index in [4.69, 9.17) is 0 Å². The molecule has 2 aromatic rings. The average Bonchev–Trinajstić information content (AvgIpc) is 2.47. The molecule has 0 radical (unpaired) electrons. The second kappa shape index (κ2) is 3.64. The Balaban J connectivity index is 2.78. The number of thioether (sulfide) groups is 1. The molecular weight excluding hydrogens is 264 g/mol. The SMILES string of the molecule is CSc1ccc2cc(Br)sc2c1C. The Morgan fingerprint density at radius 1 is 1.38 bits per heavy atom. The molecule has 0 amide bonds. The molecule has 13 heavy (non-hydrogen) atoms. The Kier molecular flexibility index (Phi) is 2.67. The van der Waals surface area contributed by atoms with Gasteiger partial charge < -0.3 is 0 Å². The van der Waals surface area contributed by atoms with Gasteiger partial charge in [-0.25, -0.2) is 0 Å². The highest BCUT2D eigenvalue weighted by Gasteiger charge is 2.05. The average molecular weight is 273 g/mol. The van der Waals surface area contributed by atoms with E-state index < -0.39 is 0 Å². The molecule has 0 unspecified atom stereocenters. The first kappa shape index (κ1) is 9.56. The molecule has 0 N–H and O–H groups in total. The Hall–Kier alpha value is 0.01000. The maximum atomic E-state index is 3.52. The predicted molar refractivity (Wildman–Crippen MR) is 66.0 cm³/mol. The highest BCUT2D eigenvalue weighted by molar-refractivity contribution is 9.11. The summed E-state index contributed by atoms with van der Waals surface area (Å²) in [4.78, 5) is 1.38. The molecule has 0 aliphatic heterocycles. The number of thiophene rings is 1. The lowest BCUT2D eigenvalue weighted by Crippen LogP contribution is -1.77. The first-order valence-corrected chi connectivity index (χ1v) is 6.78. The van der Waals surface area contributed by atoms with Gasteiger partial charge in [0, 0.05) is 9.60 Å². The summed E-state index contributed by atoms with van der Waals surface area (Å²) in [5.74, 6) is 0. The van der Waals surface area contributed by atoms with Gasteiger partial charge in [0.05, 0.1) is 3.79 Å². The van der Waals surface area contributed by atoms with E-state index in [1.165, 1.54) is 24.3 Å². The van der Waals surface area contributed by atoms with Crippen molar-refractivity contribution in [3.8, 4) is 0 Å². The first-order valence-electron chi connectivity index (χ1n) is 3.95. The molecule has 0 bridgehead atoms. The lowest BCUT2D eigenvalue weighted by molar-refractivity contribution is 1.36. The van der Waals surface area contributed by atoms with Gasteiger partial charge in [0.1, 0.15) is 0 Å². The number of hydrogen-bond donors (Lipinski definition) is 0. The van der Waals surface area contributed by atoms with Gasteiger partial charge >= 0.3 is 0 Å². The highest BCUT2D eigenvalue weighted by atomic mass is 79.9. The van der Waals surface area contributed by atoms with E-state index in [2.05, 4.69) is 47.3 Å². The van der Waals surface area contributed by atoms with Crippen LogP contribution < -0.4 is 0 Å². The third-order valence-electron chi connectivity index (χ3n) is 2.08. The normalized spacial score (nSPS) is 11.0. The van der Waals surface area contributed by atoms with Crippen molar-refractivity contribution < 1.29 is 0 Å². The standard InChI is InChI=1S/C10H9BrS2/c1-6-8(12-2)4-3-7-5-9(11)13-10(6)7/h3-5H,1-2H3. The topological polar surface area (TPSA) is 0 Å². The van der Waals surface area contributed by atoms with Crippen molar-refractivity contribution in [1.82, 2.24) is 0 Å². The maximum absolute atomic E-state index is 3.52. The monoisotopic (exact) mass is 272 g/mol. The zero-order chi connectivity index (χ0) is 9.42. The fourth-order valence-corrected chi connectivity index (χ4v) is 3.71. The minimum atomic E-state index is 1.21. The summed E-state index contributed by atoms with van der Waals surface area (Å²) < 4.78 is 2.61. The number of halogens is 1. The smallest absolute Gasteiger partial charge is 0.0711 e. The van der Waals surface area contributed by atoms with Gasteiger partial charge in [0.15, 0.2) is 0 Å². The van der Waals surface area contributed by atoms with Gasteiger partial charge in [-0.05, 0) is 52.2 Å². The van der Waals surface area contributed by atoms with Crippen LogP contribution in [0.2, 0.25) is 0 Å². The van der Waals surface area contributed by atoms with Gasteiger partial charge in [0.2, 0.25) is 0 Å². The Bertz CT molecular complexity index is 445. The summed E-state index contributed by atoms with van der Waals surface area (Å²) in [6.45, 7) is 2.19. The van der Waals surface area contributed by atoms with Crippen molar-refractivity contribution in [2.75, 3.05) is 6.26 Å². The molecule has 0 saturated carbocycles. The fourth-order valence-electron chi connectivity index (χ4n) is 1.41. The second-order valence-corrected chi connectivity index (χ2v) is 6.14. The van der Waals surface area contributed by atoms with Crippen LogP contribution in [0.5, 0.6) is 0 Å². The summed E-state index contributed by atoms with van der Waals surface area (Å²) >= 11 is 7.14. The van der Waals surface area contributed by atoms with Crippen molar-refractivity contribution in [2.24, 2.45) is 0 Å². The molecule has 2 rings (SSSR count). The molecule has 1 aromatic carbocycles. The summed E-state index contributed by atoms with van der Waals surface area (Å²) in [6, 6.07) is 6.56. The molecule has 0 saturated heterocycles.